The van der Waals surface area contributed by atoms with Gasteiger partial charge in [-0.15, -0.1) is 0 Å². The van der Waals surface area contributed by atoms with Crippen molar-refractivity contribution in [1.82, 2.24) is 9.21 Å². The number of nitrogens with two attached hydrogens (primary N) is 1. The van der Waals surface area contributed by atoms with Crippen molar-refractivity contribution in [2.75, 3.05) is 31.9 Å². The maximum absolute atomic E-state index is 12.5. The molecule has 0 aromatic heterocycles. The van der Waals surface area contributed by atoms with Gasteiger partial charge in [0.25, 0.3) is 0 Å². The highest BCUT2D eigenvalue weighted by Gasteiger charge is 2.35. The number of anilines is 1. The van der Waals surface area contributed by atoms with Crippen molar-refractivity contribution < 1.29 is 8.42 Å². The molecular formula is C13H19N3O2S. The predicted molar refractivity (Wildman–Crippen MR) is 74.2 cm³/mol. The van der Waals surface area contributed by atoms with Crippen LogP contribution in [0.1, 0.15) is 12.8 Å². The Kier molecular flexibility index (Phi) is 3.24. The molecule has 1 aliphatic heterocycles. The molecule has 0 spiro atoms. The summed E-state index contributed by atoms with van der Waals surface area (Å²) in [6.07, 6.45) is 2.52. The van der Waals surface area contributed by atoms with E-state index in [9.17, 15) is 8.42 Å². The molecule has 1 saturated heterocycles. The number of rotatable bonds is 3. The van der Waals surface area contributed by atoms with Gasteiger partial charge >= 0.3 is 0 Å². The van der Waals surface area contributed by atoms with Crippen LogP contribution in [-0.4, -0.2) is 49.8 Å². The normalized spacial score (nSPS) is 22.5. The summed E-state index contributed by atoms with van der Waals surface area (Å²) in [5.41, 5.74) is 6.11. The number of nitrogen functional groups attached to an aromatic ring is 1. The van der Waals surface area contributed by atoms with Crippen LogP contribution in [0.5, 0.6) is 0 Å². The molecule has 0 radical (unpaired) electrons. The summed E-state index contributed by atoms with van der Waals surface area (Å²) in [6.45, 7) is 2.79. The highest BCUT2D eigenvalue weighted by molar-refractivity contribution is 7.89. The molecule has 1 aromatic rings. The standard InChI is InChI=1S/C13H19N3O2S/c14-12-3-1-2-4-13(12)19(17,18)16-9-7-15(8-10-16)11-5-6-11/h1-4,11H,5-10,14H2. The highest BCUT2D eigenvalue weighted by Crippen LogP contribution is 2.29. The van der Waals surface area contributed by atoms with Gasteiger partial charge in [-0.2, -0.15) is 4.31 Å². The quantitative estimate of drug-likeness (QED) is 0.830. The number of para-hydroxylation sites is 1. The topological polar surface area (TPSA) is 66.6 Å². The lowest BCUT2D eigenvalue weighted by molar-refractivity contribution is 0.180. The van der Waals surface area contributed by atoms with E-state index in [4.69, 9.17) is 5.73 Å². The van der Waals surface area contributed by atoms with Crippen LogP contribution in [0.3, 0.4) is 0 Å². The van der Waals surface area contributed by atoms with Crippen molar-refractivity contribution in [2.45, 2.75) is 23.8 Å². The zero-order valence-electron chi connectivity index (χ0n) is 10.8. The van der Waals surface area contributed by atoms with Gasteiger partial charge in [-0.05, 0) is 25.0 Å². The minimum atomic E-state index is -3.44. The number of hydrogen-bond donors (Lipinski definition) is 1. The van der Waals surface area contributed by atoms with Gasteiger partial charge in [0.05, 0.1) is 5.69 Å². The number of benzene rings is 1. The molecule has 1 heterocycles. The van der Waals surface area contributed by atoms with E-state index in [0.29, 0.717) is 24.8 Å². The molecule has 1 aromatic carbocycles. The molecule has 2 N–H and O–H groups in total. The number of hydrogen-bond acceptors (Lipinski definition) is 4. The van der Waals surface area contributed by atoms with Crippen molar-refractivity contribution >= 4 is 15.7 Å². The van der Waals surface area contributed by atoms with Gasteiger partial charge < -0.3 is 5.73 Å². The molecule has 5 nitrogen and oxygen atoms in total. The van der Waals surface area contributed by atoms with Gasteiger partial charge in [-0.25, -0.2) is 8.42 Å². The van der Waals surface area contributed by atoms with E-state index in [1.165, 1.54) is 12.8 Å². The van der Waals surface area contributed by atoms with Crippen molar-refractivity contribution in [3.63, 3.8) is 0 Å². The zero-order valence-corrected chi connectivity index (χ0v) is 11.6. The van der Waals surface area contributed by atoms with Gasteiger partial charge in [0, 0.05) is 32.2 Å². The summed E-state index contributed by atoms with van der Waals surface area (Å²) in [4.78, 5) is 2.62. The first-order chi connectivity index (χ1) is 9.09. The van der Waals surface area contributed by atoms with E-state index in [0.717, 1.165) is 13.1 Å². The molecule has 2 fully saturated rings. The molecular weight excluding hydrogens is 262 g/mol. The fourth-order valence-electron chi connectivity index (χ4n) is 2.60. The summed E-state index contributed by atoms with van der Waals surface area (Å²) in [5.74, 6) is 0. The van der Waals surface area contributed by atoms with Crippen molar-refractivity contribution in [1.29, 1.82) is 0 Å². The van der Waals surface area contributed by atoms with Gasteiger partial charge in [0.1, 0.15) is 4.90 Å². The molecule has 6 heteroatoms. The van der Waals surface area contributed by atoms with E-state index < -0.39 is 10.0 Å². The first kappa shape index (κ1) is 12.9. The SMILES string of the molecule is Nc1ccccc1S(=O)(=O)N1CCN(C2CC2)CC1. The third kappa shape index (κ3) is 2.48. The van der Waals surface area contributed by atoms with E-state index in [-0.39, 0.29) is 4.90 Å². The van der Waals surface area contributed by atoms with Crippen LogP contribution in [-0.2, 0) is 10.0 Å². The first-order valence-corrected chi connectivity index (χ1v) is 8.12. The largest absolute Gasteiger partial charge is 0.398 e. The minimum Gasteiger partial charge on any atom is -0.398 e. The van der Waals surface area contributed by atoms with Gasteiger partial charge in [-0.3, -0.25) is 4.90 Å². The second kappa shape index (κ2) is 4.77. The Morgan fingerprint density at radius 3 is 2.26 bits per heavy atom. The molecule has 0 unspecified atom stereocenters. The van der Waals surface area contributed by atoms with Crippen molar-refractivity contribution in [2.24, 2.45) is 0 Å². The maximum atomic E-state index is 12.5. The summed E-state index contributed by atoms with van der Waals surface area (Å²) < 4.78 is 26.6. The second-order valence-electron chi connectivity index (χ2n) is 5.21. The summed E-state index contributed by atoms with van der Waals surface area (Å²) >= 11 is 0. The van der Waals surface area contributed by atoms with E-state index in [1.54, 1.807) is 28.6 Å². The molecule has 2 aliphatic rings. The lowest BCUT2D eigenvalue weighted by Gasteiger charge is -2.34. The van der Waals surface area contributed by atoms with Crippen molar-refractivity contribution in [3.8, 4) is 0 Å². The Morgan fingerprint density at radius 2 is 1.68 bits per heavy atom. The van der Waals surface area contributed by atoms with E-state index >= 15 is 0 Å². The first-order valence-electron chi connectivity index (χ1n) is 6.68. The number of nitrogens with zero attached hydrogens (tertiary/aromatic N) is 2. The predicted octanol–water partition coefficient (Wildman–Crippen LogP) is 0.737. The van der Waals surface area contributed by atoms with Crippen LogP contribution in [0.25, 0.3) is 0 Å². The van der Waals surface area contributed by atoms with E-state index in [2.05, 4.69) is 4.90 Å². The molecule has 104 valence electrons. The van der Waals surface area contributed by atoms with Gasteiger partial charge in [0.15, 0.2) is 0 Å². The average molecular weight is 281 g/mol. The summed E-state index contributed by atoms with van der Waals surface area (Å²) in [7, 11) is -3.44. The second-order valence-corrected chi connectivity index (χ2v) is 7.12. The molecule has 1 saturated carbocycles. The fourth-order valence-corrected chi connectivity index (χ4v) is 4.14. The minimum absolute atomic E-state index is 0.231. The van der Waals surface area contributed by atoms with Crippen LogP contribution < -0.4 is 5.73 Å². The zero-order chi connectivity index (χ0) is 13.5. The fraction of sp³-hybridized carbons (Fsp3) is 0.538. The van der Waals surface area contributed by atoms with Crippen LogP contribution >= 0.6 is 0 Å². The average Bonchev–Trinajstić information content (AvgIpc) is 3.23. The molecule has 0 bridgehead atoms. The third-order valence-electron chi connectivity index (χ3n) is 3.87. The lowest BCUT2D eigenvalue weighted by Crippen LogP contribution is -2.49. The smallest absolute Gasteiger partial charge is 0.245 e. The van der Waals surface area contributed by atoms with Crippen LogP contribution in [0.4, 0.5) is 5.69 Å². The summed E-state index contributed by atoms with van der Waals surface area (Å²) in [5, 5.41) is 0. The summed E-state index contributed by atoms with van der Waals surface area (Å²) in [6, 6.07) is 7.38. The highest BCUT2D eigenvalue weighted by atomic mass is 32.2. The Bertz CT molecular complexity index is 561. The molecule has 3 rings (SSSR count). The Balaban J connectivity index is 1.76. The molecule has 0 atom stereocenters. The molecule has 19 heavy (non-hydrogen) atoms. The van der Waals surface area contributed by atoms with Crippen LogP contribution in [0.15, 0.2) is 29.2 Å². The van der Waals surface area contributed by atoms with Crippen LogP contribution in [0.2, 0.25) is 0 Å². The Hall–Kier alpha value is -1.11. The number of sulfonamides is 1. The number of piperazine rings is 1. The van der Waals surface area contributed by atoms with Gasteiger partial charge in [-0.1, -0.05) is 12.1 Å². The van der Waals surface area contributed by atoms with Crippen LogP contribution in [0, 0.1) is 0 Å². The molecule has 1 aliphatic carbocycles. The Morgan fingerprint density at radius 1 is 1.05 bits per heavy atom. The Labute approximate surface area is 114 Å². The van der Waals surface area contributed by atoms with Crippen molar-refractivity contribution in [3.05, 3.63) is 24.3 Å². The van der Waals surface area contributed by atoms with E-state index in [1.807, 2.05) is 0 Å². The third-order valence-corrected chi connectivity index (χ3v) is 5.85. The monoisotopic (exact) mass is 281 g/mol. The molecule has 0 amide bonds. The lowest BCUT2D eigenvalue weighted by atomic mass is 10.3. The maximum Gasteiger partial charge on any atom is 0.245 e. The van der Waals surface area contributed by atoms with Gasteiger partial charge in [0.2, 0.25) is 10.0 Å².